The molecule has 0 bridgehead atoms. The van der Waals surface area contributed by atoms with Crippen LogP contribution in [0.4, 0.5) is 5.69 Å². The van der Waals surface area contributed by atoms with E-state index in [-0.39, 0.29) is 6.10 Å². The highest BCUT2D eigenvalue weighted by atomic mass is 16.5. The van der Waals surface area contributed by atoms with Crippen LogP contribution in [0.5, 0.6) is 5.75 Å². The molecule has 1 fully saturated rings. The Hall–Kier alpha value is -2.89. The van der Waals surface area contributed by atoms with Gasteiger partial charge in [0.15, 0.2) is 0 Å². The summed E-state index contributed by atoms with van der Waals surface area (Å²) in [5, 5.41) is 2.58. The smallest absolute Gasteiger partial charge is 0.313 e. The van der Waals surface area contributed by atoms with Crippen molar-refractivity contribution in [1.82, 2.24) is 9.88 Å². The topological polar surface area (TPSA) is 71.5 Å². The number of hydrogen-bond acceptors (Lipinski definition) is 4. The van der Waals surface area contributed by atoms with E-state index in [1.807, 2.05) is 32.0 Å². The molecule has 1 aliphatic rings. The van der Waals surface area contributed by atoms with Crippen LogP contribution >= 0.6 is 0 Å². The number of pyridine rings is 1. The van der Waals surface area contributed by atoms with Crippen LogP contribution in [0, 0.1) is 13.8 Å². The number of ether oxygens (including phenoxy) is 1. The van der Waals surface area contributed by atoms with Gasteiger partial charge >= 0.3 is 11.8 Å². The molecule has 0 saturated carbocycles. The lowest BCUT2D eigenvalue weighted by molar-refractivity contribution is -0.144. The van der Waals surface area contributed by atoms with Crippen LogP contribution in [0.2, 0.25) is 0 Å². The summed E-state index contributed by atoms with van der Waals surface area (Å²) < 4.78 is 6.15. The maximum atomic E-state index is 12.3. The average molecular weight is 353 g/mol. The maximum absolute atomic E-state index is 12.3. The van der Waals surface area contributed by atoms with Crippen LogP contribution in [0.1, 0.15) is 24.0 Å². The van der Waals surface area contributed by atoms with Crippen LogP contribution in [-0.4, -0.2) is 40.9 Å². The van der Waals surface area contributed by atoms with Gasteiger partial charge in [0.25, 0.3) is 0 Å². The summed E-state index contributed by atoms with van der Waals surface area (Å²) in [5.41, 5.74) is 2.73. The van der Waals surface area contributed by atoms with Gasteiger partial charge in [-0.3, -0.25) is 14.6 Å². The van der Waals surface area contributed by atoms with E-state index in [4.69, 9.17) is 4.74 Å². The van der Waals surface area contributed by atoms with Crippen molar-refractivity contribution in [2.45, 2.75) is 32.8 Å². The molecule has 0 spiro atoms. The Morgan fingerprint density at radius 3 is 2.42 bits per heavy atom. The van der Waals surface area contributed by atoms with E-state index in [0.29, 0.717) is 31.6 Å². The van der Waals surface area contributed by atoms with Gasteiger partial charge in [-0.05, 0) is 37.1 Å². The molecule has 0 radical (unpaired) electrons. The molecule has 3 rings (SSSR count). The molecule has 2 amide bonds. The zero-order valence-corrected chi connectivity index (χ0v) is 15.1. The highest BCUT2D eigenvalue weighted by Crippen LogP contribution is 2.26. The lowest BCUT2D eigenvalue weighted by atomic mass is 10.1. The summed E-state index contributed by atoms with van der Waals surface area (Å²) in [6, 6.07) is 9.48. The van der Waals surface area contributed by atoms with Gasteiger partial charge in [0.2, 0.25) is 0 Å². The minimum atomic E-state index is -0.632. The summed E-state index contributed by atoms with van der Waals surface area (Å²) in [6.45, 7) is 5.08. The second-order valence-electron chi connectivity index (χ2n) is 6.53. The van der Waals surface area contributed by atoms with E-state index in [2.05, 4.69) is 10.3 Å². The number of aromatic nitrogens is 1. The van der Waals surface area contributed by atoms with Crippen molar-refractivity contribution in [1.29, 1.82) is 0 Å². The van der Waals surface area contributed by atoms with Crippen molar-refractivity contribution in [2.24, 2.45) is 0 Å². The van der Waals surface area contributed by atoms with Crippen molar-refractivity contribution >= 4 is 17.5 Å². The van der Waals surface area contributed by atoms with E-state index < -0.39 is 11.8 Å². The molecule has 1 saturated heterocycles. The average Bonchev–Trinajstić information content (AvgIpc) is 2.65. The Kier molecular flexibility index (Phi) is 5.51. The molecule has 0 atom stereocenters. The molecule has 1 N–H and O–H groups in total. The summed E-state index contributed by atoms with van der Waals surface area (Å²) in [4.78, 5) is 29.9. The molecule has 136 valence electrons. The standard InChI is InChI=1S/C20H23N3O3/c1-14-5-3-6-15(2)18(14)26-17-8-11-23(12-9-17)20(25)19(24)22-16-7-4-10-21-13-16/h3-7,10,13,17H,8-9,11-12H2,1-2H3,(H,22,24). The third-order valence-corrected chi connectivity index (χ3v) is 4.54. The quantitative estimate of drug-likeness (QED) is 0.861. The first-order valence-corrected chi connectivity index (χ1v) is 8.78. The summed E-state index contributed by atoms with van der Waals surface area (Å²) in [6.07, 6.45) is 4.59. The predicted octanol–water partition coefficient (Wildman–Crippen LogP) is 2.71. The molecule has 6 heteroatoms. The second kappa shape index (κ2) is 7.99. The zero-order chi connectivity index (χ0) is 18.5. The lowest BCUT2D eigenvalue weighted by Gasteiger charge is -2.32. The molecule has 0 aliphatic carbocycles. The summed E-state index contributed by atoms with van der Waals surface area (Å²) >= 11 is 0. The first-order chi connectivity index (χ1) is 12.5. The number of aryl methyl sites for hydroxylation is 2. The molecular weight excluding hydrogens is 330 g/mol. The molecule has 6 nitrogen and oxygen atoms in total. The molecule has 1 aromatic carbocycles. The molecule has 26 heavy (non-hydrogen) atoms. The monoisotopic (exact) mass is 353 g/mol. The zero-order valence-electron chi connectivity index (χ0n) is 15.1. The third-order valence-electron chi connectivity index (χ3n) is 4.54. The molecule has 2 heterocycles. The van der Waals surface area contributed by atoms with Gasteiger partial charge in [-0.1, -0.05) is 18.2 Å². The predicted molar refractivity (Wildman–Crippen MR) is 99.0 cm³/mol. The van der Waals surface area contributed by atoms with Crippen molar-refractivity contribution in [3.63, 3.8) is 0 Å². The number of carbonyl (C=O) groups excluding carboxylic acids is 2. The van der Waals surface area contributed by atoms with Crippen LogP contribution in [0.25, 0.3) is 0 Å². The Morgan fingerprint density at radius 2 is 1.81 bits per heavy atom. The fraction of sp³-hybridized carbons (Fsp3) is 0.350. The van der Waals surface area contributed by atoms with Crippen molar-refractivity contribution in [3.8, 4) is 5.75 Å². The highest BCUT2D eigenvalue weighted by Gasteiger charge is 2.28. The van der Waals surface area contributed by atoms with Crippen molar-refractivity contribution in [3.05, 3.63) is 53.9 Å². The lowest BCUT2D eigenvalue weighted by Crippen LogP contribution is -2.46. The molecule has 1 aromatic heterocycles. The Balaban J connectivity index is 1.53. The first kappa shape index (κ1) is 17.9. The number of nitrogens with one attached hydrogen (secondary N) is 1. The number of para-hydroxylation sites is 1. The fourth-order valence-electron chi connectivity index (χ4n) is 3.09. The minimum Gasteiger partial charge on any atom is -0.490 e. The Bertz CT molecular complexity index is 764. The van der Waals surface area contributed by atoms with Crippen molar-refractivity contribution < 1.29 is 14.3 Å². The fourth-order valence-corrected chi connectivity index (χ4v) is 3.09. The second-order valence-corrected chi connectivity index (χ2v) is 6.53. The summed E-state index contributed by atoms with van der Waals surface area (Å²) in [5.74, 6) is -0.224. The van der Waals surface area contributed by atoms with Crippen LogP contribution < -0.4 is 10.1 Å². The Labute approximate surface area is 153 Å². The van der Waals surface area contributed by atoms with E-state index in [1.54, 1.807) is 23.2 Å². The Morgan fingerprint density at radius 1 is 1.12 bits per heavy atom. The molecule has 1 aliphatic heterocycles. The van der Waals surface area contributed by atoms with Gasteiger partial charge in [-0.15, -0.1) is 0 Å². The summed E-state index contributed by atoms with van der Waals surface area (Å²) in [7, 11) is 0. The normalized spacial score (nSPS) is 14.8. The first-order valence-electron chi connectivity index (χ1n) is 8.78. The van der Waals surface area contributed by atoms with Gasteiger partial charge < -0.3 is 15.0 Å². The van der Waals surface area contributed by atoms with E-state index in [1.165, 1.54) is 6.20 Å². The molecule has 0 unspecified atom stereocenters. The largest absolute Gasteiger partial charge is 0.490 e. The highest BCUT2D eigenvalue weighted by molar-refractivity contribution is 6.39. The number of amides is 2. The van der Waals surface area contributed by atoms with Gasteiger partial charge in [0.05, 0.1) is 11.9 Å². The number of benzene rings is 1. The molecule has 2 aromatic rings. The minimum absolute atomic E-state index is 0.0558. The number of nitrogens with zero attached hydrogens (tertiary/aromatic N) is 2. The van der Waals surface area contributed by atoms with Crippen LogP contribution in [0.3, 0.4) is 0 Å². The van der Waals surface area contributed by atoms with E-state index in [0.717, 1.165) is 16.9 Å². The number of anilines is 1. The van der Waals surface area contributed by atoms with Gasteiger partial charge in [-0.25, -0.2) is 0 Å². The van der Waals surface area contributed by atoms with E-state index in [9.17, 15) is 9.59 Å². The van der Waals surface area contributed by atoms with Gasteiger partial charge in [0.1, 0.15) is 11.9 Å². The number of rotatable bonds is 3. The van der Waals surface area contributed by atoms with E-state index >= 15 is 0 Å². The maximum Gasteiger partial charge on any atom is 0.313 e. The number of piperidine rings is 1. The number of hydrogen-bond donors (Lipinski definition) is 1. The van der Waals surface area contributed by atoms with Crippen molar-refractivity contribution in [2.75, 3.05) is 18.4 Å². The van der Waals surface area contributed by atoms with Crippen LogP contribution in [0.15, 0.2) is 42.7 Å². The third kappa shape index (κ3) is 4.20. The number of likely N-dealkylation sites (tertiary alicyclic amines) is 1. The number of carbonyl (C=O) groups is 2. The van der Waals surface area contributed by atoms with Crippen LogP contribution in [-0.2, 0) is 9.59 Å². The molecular formula is C20H23N3O3. The van der Waals surface area contributed by atoms with Gasteiger partial charge in [-0.2, -0.15) is 0 Å². The van der Waals surface area contributed by atoms with Gasteiger partial charge in [0, 0.05) is 32.1 Å². The SMILES string of the molecule is Cc1cccc(C)c1OC1CCN(C(=O)C(=O)Nc2cccnc2)CC1.